The zero-order valence-corrected chi connectivity index (χ0v) is 16.4. The topological polar surface area (TPSA) is 54.5 Å². The van der Waals surface area contributed by atoms with Crippen LogP contribution in [0.5, 0.6) is 0 Å². The summed E-state index contributed by atoms with van der Waals surface area (Å²) in [5.74, 6) is 0. The number of likely N-dealkylation sites (tertiary alicyclic amines) is 1. The molecule has 6 heteroatoms. The Hall–Kier alpha value is -2.70. The lowest BCUT2D eigenvalue weighted by atomic mass is 10.1. The van der Waals surface area contributed by atoms with E-state index >= 15 is 0 Å². The molecule has 0 spiro atoms. The van der Waals surface area contributed by atoms with Crippen LogP contribution in [0.3, 0.4) is 0 Å². The number of hydrogen-bond acceptors (Lipinski definition) is 4. The molecule has 0 bridgehead atoms. The van der Waals surface area contributed by atoms with Gasteiger partial charge in [0.25, 0.3) is 0 Å². The van der Waals surface area contributed by atoms with Crippen LogP contribution < -0.4 is 5.32 Å². The second kappa shape index (κ2) is 8.99. The molecule has 1 fully saturated rings. The van der Waals surface area contributed by atoms with E-state index in [-0.39, 0.29) is 12.1 Å². The smallest absolute Gasteiger partial charge is 0.321 e. The average Bonchev–Trinajstić information content (AvgIpc) is 3.29. The summed E-state index contributed by atoms with van der Waals surface area (Å²) in [5, 5.41) is 5.92. The van der Waals surface area contributed by atoms with Crippen molar-refractivity contribution in [3.63, 3.8) is 0 Å². The van der Waals surface area contributed by atoms with Crippen LogP contribution in [0.15, 0.2) is 66.2 Å². The number of hydrogen-bond donors (Lipinski definition) is 1. The summed E-state index contributed by atoms with van der Waals surface area (Å²) in [5.41, 5.74) is 3.04. The fourth-order valence-corrected chi connectivity index (χ4v) is 3.92. The Morgan fingerprint density at radius 2 is 1.86 bits per heavy atom. The number of thiazole rings is 1. The van der Waals surface area contributed by atoms with E-state index in [1.54, 1.807) is 17.5 Å². The fraction of sp³-hybridized carbons (Fsp3) is 0.273. The van der Waals surface area contributed by atoms with Crippen molar-refractivity contribution in [3.05, 3.63) is 71.7 Å². The molecule has 1 saturated heterocycles. The van der Waals surface area contributed by atoms with Gasteiger partial charge >= 0.3 is 6.03 Å². The van der Waals surface area contributed by atoms with Crippen LogP contribution in [-0.4, -0.2) is 35.1 Å². The van der Waals surface area contributed by atoms with E-state index in [1.807, 2.05) is 52.7 Å². The van der Waals surface area contributed by atoms with Gasteiger partial charge in [-0.1, -0.05) is 30.3 Å². The van der Waals surface area contributed by atoms with Crippen molar-refractivity contribution in [2.24, 2.45) is 0 Å². The number of anilines is 1. The minimum Gasteiger partial charge on any atom is -0.373 e. The molecule has 0 radical (unpaired) electrons. The maximum Gasteiger partial charge on any atom is 0.321 e. The van der Waals surface area contributed by atoms with Gasteiger partial charge in [0.15, 0.2) is 0 Å². The molecule has 5 nitrogen and oxygen atoms in total. The Balaban J connectivity index is 1.24. The van der Waals surface area contributed by atoms with Crippen LogP contribution in [-0.2, 0) is 11.3 Å². The molecule has 3 aromatic rings. The minimum atomic E-state index is -0.0523. The summed E-state index contributed by atoms with van der Waals surface area (Å²) in [6, 6.07) is 18.0. The standard InChI is InChI=1S/C22H23N3O2S/c26-22(24-19-8-6-18(7-9-19)21-23-12-15-28-21)25-13-10-20(11-14-25)27-16-17-4-2-1-3-5-17/h1-9,12,15,20H,10-11,13-14,16H2,(H,24,26). The summed E-state index contributed by atoms with van der Waals surface area (Å²) in [6.45, 7) is 2.05. The normalized spacial score (nSPS) is 14.8. The van der Waals surface area contributed by atoms with Gasteiger partial charge < -0.3 is 15.0 Å². The Labute approximate surface area is 169 Å². The molecule has 0 atom stereocenters. The van der Waals surface area contributed by atoms with Crippen LogP contribution in [0.1, 0.15) is 18.4 Å². The summed E-state index contributed by atoms with van der Waals surface area (Å²) in [4.78, 5) is 18.7. The summed E-state index contributed by atoms with van der Waals surface area (Å²) < 4.78 is 6.00. The van der Waals surface area contributed by atoms with Crippen molar-refractivity contribution < 1.29 is 9.53 Å². The molecule has 2 amide bonds. The number of nitrogens with one attached hydrogen (secondary N) is 1. The Morgan fingerprint density at radius 1 is 1.11 bits per heavy atom. The van der Waals surface area contributed by atoms with E-state index in [1.165, 1.54) is 5.56 Å². The summed E-state index contributed by atoms with van der Waals surface area (Å²) in [6.07, 6.45) is 3.73. The first-order chi connectivity index (χ1) is 13.8. The van der Waals surface area contributed by atoms with Gasteiger partial charge in [0.1, 0.15) is 5.01 Å². The first kappa shape index (κ1) is 18.7. The quantitative estimate of drug-likeness (QED) is 0.662. The van der Waals surface area contributed by atoms with Crippen LogP contribution in [0.4, 0.5) is 10.5 Å². The molecule has 0 aliphatic carbocycles. The second-order valence-electron chi connectivity index (χ2n) is 6.83. The van der Waals surface area contributed by atoms with E-state index in [2.05, 4.69) is 22.4 Å². The van der Waals surface area contributed by atoms with Gasteiger partial charge in [-0.05, 0) is 42.7 Å². The van der Waals surface area contributed by atoms with Crippen LogP contribution in [0.25, 0.3) is 10.6 Å². The number of benzene rings is 2. The lowest BCUT2D eigenvalue weighted by Gasteiger charge is -2.32. The van der Waals surface area contributed by atoms with E-state index in [0.29, 0.717) is 19.7 Å². The number of carbonyl (C=O) groups is 1. The third-order valence-corrected chi connectivity index (χ3v) is 5.70. The highest BCUT2D eigenvalue weighted by molar-refractivity contribution is 7.13. The maximum absolute atomic E-state index is 12.5. The summed E-state index contributed by atoms with van der Waals surface area (Å²) in [7, 11) is 0. The van der Waals surface area contributed by atoms with Crippen molar-refractivity contribution in [2.75, 3.05) is 18.4 Å². The summed E-state index contributed by atoms with van der Waals surface area (Å²) >= 11 is 1.60. The number of ether oxygens (including phenoxy) is 1. The maximum atomic E-state index is 12.5. The van der Waals surface area contributed by atoms with Gasteiger partial charge in [-0.2, -0.15) is 0 Å². The van der Waals surface area contributed by atoms with E-state index in [9.17, 15) is 4.79 Å². The molecule has 0 saturated carbocycles. The largest absolute Gasteiger partial charge is 0.373 e. The number of rotatable bonds is 5. The predicted octanol–water partition coefficient (Wildman–Crippen LogP) is 5.02. The molecule has 0 unspecified atom stereocenters. The molecule has 28 heavy (non-hydrogen) atoms. The molecular formula is C22H23N3O2S. The Bertz CT molecular complexity index is 874. The van der Waals surface area contributed by atoms with Gasteiger partial charge in [0.2, 0.25) is 0 Å². The first-order valence-corrected chi connectivity index (χ1v) is 10.4. The Kier molecular flexibility index (Phi) is 5.99. The van der Waals surface area contributed by atoms with Crippen LogP contribution >= 0.6 is 11.3 Å². The zero-order chi connectivity index (χ0) is 19.2. The van der Waals surface area contributed by atoms with Gasteiger partial charge in [-0.3, -0.25) is 0 Å². The molecule has 2 heterocycles. The molecule has 1 aromatic heterocycles. The monoisotopic (exact) mass is 393 g/mol. The predicted molar refractivity (Wildman–Crippen MR) is 112 cm³/mol. The van der Waals surface area contributed by atoms with Crippen molar-refractivity contribution >= 4 is 23.1 Å². The lowest BCUT2D eigenvalue weighted by molar-refractivity contribution is 0.00540. The zero-order valence-electron chi connectivity index (χ0n) is 15.6. The van der Waals surface area contributed by atoms with E-state index < -0.39 is 0 Å². The Morgan fingerprint density at radius 3 is 2.54 bits per heavy atom. The van der Waals surface area contributed by atoms with E-state index in [4.69, 9.17) is 4.74 Å². The van der Waals surface area contributed by atoms with Crippen molar-refractivity contribution in [1.29, 1.82) is 0 Å². The van der Waals surface area contributed by atoms with Crippen LogP contribution in [0, 0.1) is 0 Å². The number of nitrogens with zero attached hydrogens (tertiary/aromatic N) is 2. The highest BCUT2D eigenvalue weighted by atomic mass is 32.1. The van der Waals surface area contributed by atoms with Crippen LogP contribution in [0.2, 0.25) is 0 Å². The first-order valence-electron chi connectivity index (χ1n) is 9.49. The van der Waals surface area contributed by atoms with Crippen molar-refractivity contribution in [3.8, 4) is 10.6 Å². The highest BCUT2D eigenvalue weighted by Gasteiger charge is 2.23. The van der Waals surface area contributed by atoms with Gasteiger partial charge in [0, 0.05) is 35.9 Å². The molecular weight excluding hydrogens is 370 g/mol. The SMILES string of the molecule is O=C(Nc1ccc(-c2nccs2)cc1)N1CCC(OCc2ccccc2)CC1. The number of carbonyl (C=O) groups excluding carboxylic acids is 1. The average molecular weight is 394 g/mol. The van der Waals surface area contributed by atoms with Gasteiger partial charge in [-0.15, -0.1) is 11.3 Å². The van der Waals surface area contributed by atoms with Crippen molar-refractivity contribution in [1.82, 2.24) is 9.88 Å². The molecule has 2 aromatic carbocycles. The van der Waals surface area contributed by atoms with E-state index in [0.717, 1.165) is 29.1 Å². The van der Waals surface area contributed by atoms with Crippen molar-refractivity contribution in [2.45, 2.75) is 25.6 Å². The number of piperidine rings is 1. The number of amides is 2. The molecule has 1 aliphatic heterocycles. The molecule has 144 valence electrons. The minimum absolute atomic E-state index is 0.0523. The second-order valence-corrected chi connectivity index (χ2v) is 7.72. The third kappa shape index (κ3) is 4.77. The molecule has 1 aliphatic rings. The van der Waals surface area contributed by atoms with Gasteiger partial charge in [-0.25, -0.2) is 9.78 Å². The molecule has 1 N–H and O–H groups in total. The third-order valence-electron chi connectivity index (χ3n) is 4.87. The van der Waals surface area contributed by atoms with Gasteiger partial charge in [0.05, 0.1) is 12.7 Å². The number of aromatic nitrogens is 1. The number of urea groups is 1. The highest BCUT2D eigenvalue weighted by Crippen LogP contribution is 2.23. The molecule has 4 rings (SSSR count). The fourth-order valence-electron chi connectivity index (χ4n) is 3.28. The lowest BCUT2D eigenvalue weighted by Crippen LogP contribution is -2.43.